The zero-order valence-corrected chi connectivity index (χ0v) is 15.1. The number of nitrogens with one attached hydrogen (secondary N) is 1. The number of nitrogens with zero attached hydrogens (tertiary/aromatic N) is 1. The van der Waals surface area contributed by atoms with Crippen molar-refractivity contribution in [2.24, 2.45) is 5.92 Å². The molecule has 1 fully saturated rings. The molecule has 5 heteroatoms. The summed E-state index contributed by atoms with van der Waals surface area (Å²) < 4.78 is 11.3. The predicted molar refractivity (Wildman–Crippen MR) is 96.6 cm³/mol. The van der Waals surface area contributed by atoms with E-state index in [-0.39, 0.29) is 6.10 Å². The van der Waals surface area contributed by atoms with Crippen LogP contribution in [0, 0.1) is 5.92 Å². The van der Waals surface area contributed by atoms with E-state index >= 15 is 0 Å². The van der Waals surface area contributed by atoms with Gasteiger partial charge in [0.15, 0.2) is 0 Å². The van der Waals surface area contributed by atoms with Gasteiger partial charge in [-0.15, -0.1) is 0 Å². The van der Waals surface area contributed by atoms with Crippen molar-refractivity contribution in [2.45, 2.75) is 45.1 Å². The molecule has 0 unspecified atom stereocenters. The number of benzene rings is 1. The van der Waals surface area contributed by atoms with Crippen LogP contribution >= 0.6 is 0 Å². The second-order valence-corrected chi connectivity index (χ2v) is 6.66. The molecule has 134 valence electrons. The van der Waals surface area contributed by atoms with Gasteiger partial charge in [0.25, 0.3) is 0 Å². The van der Waals surface area contributed by atoms with E-state index in [1.807, 2.05) is 31.2 Å². The molecule has 1 aliphatic rings. The van der Waals surface area contributed by atoms with Crippen molar-refractivity contribution in [1.82, 2.24) is 4.90 Å². The normalized spacial score (nSPS) is 21.2. The van der Waals surface area contributed by atoms with Crippen LogP contribution in [0.5, 0.6) is 5.75 Å². The number of hydrogen-bond donors (Lipinski definition) is 1. The van der Waals surface area contributed by atoms with E-state index in [1.165, 1.54) is 12.8 Å². The third-order valence-electron chi connectivity index (χ3n) is 4.37. The summed E-state index contributed by atoms with van der Waals surface area (Å²) in [5.74, 6) is 1.07. The summed E-state index contributed by atoms with van der Waals surface area (Å²) in [5, 5.41) is 2.84. The van der Waals surface area contributed by atoms with Crippen LogP contribution in [-0.4, -0.2) is 44.3 Å². The van der Waals surface area contributed by atoms with E-state index in [9.17, 15) is 4.79 Å². The van der Waals surface area contributed by atoms with Crippen LogP contribution in [0.25, 0.3) is 0 Å². The average molecular weight is 334 g/mol. The molecular weight excluding hydrogens is 304 g/mol. The maximum absolute atomic E-state index is 12.4. The van der Waals surface area contributed by atoms with Crippen molar-refractivity contribution in [3.63, 3.8) is 0 Å². The van der Waals surface area contributed by atoms with Crippen LogP contribution in [-0.2, 0) is 4.74 Å². The highest BCUT2D eigenvalue weighted by Crippen LogP contribution is 2.28. The lowest BCUT2D eigenvalue weighted by molar-refractivity contribution is 0.0569. The Kier molecular flexibility index (Phi) is 7.37. The zero-order valence-electron chi connectivity index (χ0n) is 15.1. The summed E-state index contributed by atoms with van der Waals surface area (Å²) in [6, 6.07) is 7.44. The Hall–Kier alpha value is -1.75. The largest absolute Gasteiger partial charge is 0.492 e. The molecule has 0 radical (unpaired) electrons. The fourth-order valence-electron chi connectivity index (χ4n) is 3.31. The number of amides is 1. The van der Waals surface area contributed by atoms with Crippen molar-refractivity contribution in [3.8, 4) is 5.75 Å². The van der Waals surface area contributed by atoms with E-state index in [1.54, 1.807) is 0 Å². The SMILES string of the molecule is CCOc1ccccc1NC(=O)O[C@@H]1CCCCC[C@@H]1CN(C)C. The van der Waals surface area contributed by atoms with Crippen molar-refractivity contribution < 1.29 is 14.3 Å². The van der Waals surface area contributed by atoms with Crippen LogP contribution < -0.4 is 10.1 Å². The van der Waals surface area contributed by atoms with Gasteiger partial charge in [0.1, 0.15) is 11.9 Å². The van der Waals surface area contributed by atoms with Gasteiger partial charge in [-0.3, -0.25) is 5.32 Å². The number of ether oxygens (including phenoxy) is 2. The Morgan fingerprint density at radius 1 is 1.21 bits per heavy atom. The van der Waals surface area contributed by atoms with E-state index in [0.29, 0.717) is 24.0 Å². The summed E-state index contributed by atoms with van der Waals surface area (Å²) in [6.45, 7) is 3.43. The number of carbonyl (C=O) groups excluding carboxylic acids is 1. The Morgan fingerprint density at radius 2 is 1.96 bits per heavy atom. The lowest BCUT2D eigenvalue weighted by atomic mass is 9.97. The molecular formula is C19H30N2O3. The maximum atomic E-state index is 12.4. The van der Waals surface area contributed by atoms with Crippen LogP contribution in [0.3, 0.4) is 0 Å². The molecule has 24 heavy (non-hydrogen) atoms. The summed E-state index contributed by atoms with van der Waals surface area (Å²) in [4.78, 5) is 14.6. The number of anilines is 1. The van der Waals surface area contributed by atoms with Gasteiger partial charge in [0.05, 0.1) is 12.3 Å². The maximum Gasteiger partial charge on any atom is 0.412 e. The van der Waals surface area contributed by atoms with Gasteiger partial charge in [0, 0.05) is 12.5 Å². The quantitative estimate of drug-likeness (QED) is 0.794. The van der Waals surface area contributed by atoms with Crippen molar-refractivity contribution >= 4 is 11.8 Å². The summed E-state index contributed by atoms with van der Waals surface area (Å²) in [6.07, 6.45) is 5.21. The van der Waals surface area contributed by atoms with Gasteiger partial charge in [-0.25, -0.2) is 4.79 Å². The van der Waals surface area contributed by atoms with Crippen LogP contribution in [0.15, 0.2) is 24.3 Å². The van der Waals surface area contributed by atoms with Gasteiger partial charge in [0.2, 0.25) is 0 Å². The summed E-state index contributed by atoms with van der Waals surface area (Å²) in [5.41, 5.74) is 0.655. The molecule has 0 aliphatic heterocycles. The van der Waals surface area contributed by atoms with Crippen molar-refractivity contribution in [1.29, 1.82) is 0 Å². The first-order valence-electron chi connectivity index (χ1n) is 8.94. The Balaban J connectivity index is 1.99. The van der Waals surface area contributed by atoms with Crippen molar-refractivity contribution in [3.05, 3.63) is 24.3 Å². The topological polar surface area (TPSA) is 50.8 Å². The molecule has 1 aromatic rings. The monoisotopic (exact) mass is 334 g/mol. The molecule has 1 amide bonds. The molecule has 2 atom stereocenters. The first-order valence-corrected chi connectivity index (χ1v) is 8.94. The van der Waals surface area contributed by atoms with E-state index in [2.05, 4.69) is 24.3 Å². The number of para-hydroxylation sites is 2. The van der Waals surface area contributed by atoms with E-state index in [4.69, 9.17) is 9.47 Å². The molecule has 0 heterocycles. The van der Waals surface area contributed by atoms with E-state index < -0.39 is 6.09 Å². The minimum absolute atomic E-state index is 0.0193. The second kappa shape index (κ2) is 9.52. The molecule has 1 aliphatic carbocycles. The first-order chi connectivity index (χ1) is 11.6. The molecule has 5 nitrogen and oxygen atoms in total. The summed E-state index contributed by atoms with van der Waals surface area (Å²) >= 11 is 0. The van der Waals surface area contributed by atoms with Crippen molar-refractivity contribution in [2.75, 3.05) is 32.6 Å². The fraction of sp³-hybridized carbons (Fsp3) is 0.632. The third-order valence-corrected chi connectivity index (χ3v) is 4.37. The highest BCUT2D eigenvalue weighted by molar-refractivity contribution is 5.86. The van der Waals surface area contributed by atoms with Gasteiger partial charge in [-0.1, -0.05) is 25.0 Å². The van der Waals surface area contributed by atoms with Gasteiger partial charge >= 0.3 is 6.09 Å². The fourth-order valence-corrected chi connectivity index (χ4v) is 3.31. The first kappa shape index (κ1) is 18.6. The molecule has 0 aromatic heterocycles. The Bertz CT molecular complexity index is 519. The van der Waals surface area contributed by atoms with Crippen LogP contribution in [0.1, 0.15) is 39.0 Å². The molecule has 1 N–H and O–H groups in total. The number of carbonyl (C=O) groups is 1. The zero-order chi connectivity index (χ0) is 17.4. The molecule has 0 spiro atoms. The molecule has 1 aromatic carbocycles. The van der Waals surface area contributed by atoms with E-state index in [0.717, 1.165) is 25.8 Å². The van der Waals surface area contributed by atoms with Gasteiger partial charge in [-0.2, -0.15) is 0 Å². The molecule has 0 saturated heterocycles. The number of rotatable bonds is 6. The number of hydrogen-bond acceptors (Lipinski definition) is 4. The van der Waals surface area contributed by atoms with Crippen LogP contribution in [0.4, 0.5) is 10.5 Å². The minimum Gasteiger partial charge on any atom is -0.492 e. The summed E-state index contributed by atoms with van der Waals surface area (Å²) in [7, 11) is 4.14. The Morgan fingerprint density at radius 3 is 2.71 bits per heavy atom. The van der Waals surface area contributed by atoms with Gasteiger partial charge in [-0.05, 0) is 52.4 Å². The lowest BCUT2D eigenvalue weighted by Crippen LogP contribution is -2.34. The van der Waals surface area contributed by atoms with Crippen LogP contribution in [0.2, 0.25) is 0 Å². The van der Waals surface area contributed by atoms with Gasteiger partial charge < -0.3 is 14.4 Å². The molecule has 2 rings (SSSR count). The predicted octanol–water partition coefficient (Wildman–Crippen LogP) is 4.14. The standard InChI is InChI=1S/C19H30N2O3/c1-4-23-18-13-9-8-11-16(18)20-19(22)24-17-12-7-5-6-10-15(17)14-21(2)3/h8-9,11,13,15,17H,4-7,10,12,14H2,1-3H3,(H,20,22)/t15-,17-/m1/s1. The average Bonchev–Trinajstić information content (AvgIpc) is 2.74. The Labute approximate surface area is 145 Å². The smallest absolute Gasteiger partial charge is 0.412 e. The molecule has 1 saturated carbocycles. The molecule has 0 bridgehead atoms. The second-order valence-electron chi connectivity index (χ2n) is 6.66. The third kappa shape index (κ3) is 5.71. The minimum atomic E-state index is -0.391. The highest BCUT2D eigenvalue weighted by Gasteiger charge is 2.27. The lowest BCUT2D eigenvalue weighted by Gasteiger charge is -2.27. The highest BCUT2D eigenvalue weighted by atomic mass is 16.6.